The van der Waals surface area contributed by atoms with Crippen molar-refractivity contribution in [2.75, 3.05) is 50.5 Å². The zero-order chi connectivity index (χ0) is 23.1. The molecule has 0 unspecified atom stereocenters. The molecule has 3 rings (SSSR count). The maximum Gasteiger partial charge on any atom is 0.255 e. The van der Waals surface area contributed by atoms with Gasteiger partial charge in [-0.2, -0.15) is 0 Å². The van der Waals surface area contributed by atoms with Crippen LogP contribution < -0.4 is 15.5 Å². The third kappa shape index (κ3) is 6.71. The Labute approximate surface area is 195 Å². The molecule has 0 saturated carbocycles. The highest BCUT2D eigenvalue weighted by atomic mass is 35.5. The molecule has 6 nitrogen and oxygen atoms in total. The minimum atomic E-state index is -0.237. The summed E-state index contributed by atoms with van der Waals surface area (Å²) in [6.45, 7) is 5.64. The Bertz CT molecular complexity index is 922. The zero-order valence-electron chi connectivity index (χ0n) is 19.2. The average Bonchev–Trinajstić information content (AvgIpc) is 2.77. The lowest BCUT2D eigenvalue weighted by Gasteiger charge is -2.33. The maximum absolute atomic E-state index is 13.1. The molecular formula is C25H33ClN4O2. The number of carbonyl (C=O) groups is 2. The molecule has 0 atom stereocenters. The number of nitrogens with zero attached hydrogens (tertiary/aromatic N) is 2. The van der Waals surface area contributed by atoms with E-state index in [2.05, 4.69) is 27.4 Å². The van der Waals surface area contributed by atoms with E-state index in [0.29, 0.717) is 34.3 Å². The van der Waals surface area contributed by atoms with E-state index in [1.54, 1.807) is 30.3 Å². The summed E-state index contributed by atoms with van der Waals surface area (Å²) in [5, 5.41) is 6.53. The Morgan fingerprint density at radius 3 is 2.41 bits per heavy atom. The monoisotopic (exact) mass is 456 g/mol. The second-order valence-electron chi connectivity index (χ2n) is 8.78. The van der Waals surface area contributed by atoms with Crippen LogP contribution in [0, 0.1) is 5.92 Å². The first-order chi connectivity index (χ1) is 15.3. The highest BCUT2D eigenvalue weighted by Crippen LogP contribution is 2.29. The Hall–Kier alpha value is -2.57. The number of hydrogen-bond donors (Lipinski definition) is 2. The second-order valence-corrected chi connectivity index (χ2v) is 9.21. The molecule has 2 aromatic rings. The summed E-state index contributed by atoms with van der Waals surface area (Å²) in [7, 11) is 4.04. The fourth-order valence-corrected chi connectivity index (χ4v) is 3.94. The van der Waals surface area contributed by atoms with Gasteiger partial charge in [0.15, 0.2) is 0 Å². The first kappa shape index (κ1) is 24.1. The highest BCUT2D eigenvalue weighted by molar-refractivity contribution is 6.30. The van der Waals surface area contributed by atoms with Crippen LogP contribution in [-0.4, -0.2) is 57.0 Å². The van der Waals surface area contributed by atoms with Crippen LogP contribution in [0.3, 0.4) is 0 Å². The quantitative estimate of drug-likeness (QED) is 0.573. The number of halogens is 1. The zero-order valence-corrected chi connectivity index (χ0v) is 19.9. The maximum atomic E-state index is 13.1. The van der Waals surface area contributed by atoms with Gasteiger partial charge in [-0.15, -0.1) is 0 Å². The van der Waals surface area contributed by atoms with Crippen molar-refractivity contribution >= 4 is 34.8 Å². The number of nitrogens with one attached hydrogen (secondary N) is 2. The van der Waals surface area contributed by atoms with Crippen molar-refractivity contribution in [2.45, 2.75) is 26.2 Å². The van der Waals surface area contributed by atoms with Crippen LogP contribution in [0.15, 0.2) is 42.5 Å². The highest BCUT2D eigenvalue weighted by Gasteiger charge is 2.22. The topological polar surface area (TPSA) is 64.7 Å². The Morgan fingerprint density at radius 1 is 1.06 bits per heavy atom. The van der Waals surface area contributed by atoms with Crippen molar-refractivity contribution < 1.29 is 9.59 Å². The van der Waals surface area contributed by atoms with Gasteiger partial charge in [0.2, 0.25) is 0 Å². The fraction of sp³-hybridized carbons (Fsp3) is 0.440. The predicted molar refractivity (Wildman–Crippen MR) is 132 cm³/mol. The number of carbonyl (C=O) groups excluding carboxylic acids is 2. The van der Waals surface area contributed by atoms with Gasteiger partial charge in [0.25, 0.3) is 11.8 Å². The van der Waals surface area contributed by atoms with Gasteiger partial charge in [0, 0.05) is 41.6 Å². The van der Waals surface area contributed by atoms with Crippen LogP contribution in [-0.2, 0) is 0 Å². The summed E-state index contributed by atoms with van der Waals surface area (Å²) in [6.07, 6.45) is 3.10. The van der Waals surface area contributed by atoms with E-state index >= 15 is 0 Å². The first-order valence-electron chi connectivity index (χ1n) is 11.2. The van der Waals surface area contributed by atoms with Gasteiger partial charge < -0.3 is 20.4 Å². The molecule has 1 heterocycles. The number of benzene rings is 2. The van der Waals surface area contributed by atoms with E-state index in [9.17, 15) is 9.59 Å². The molecular weight excluding hydrogens is 424 g/mol. The largest absolute Gasteiger partial charge is 0.371 e. The van der Waals surface area contributed by atoms with E-state index in [1.807, 2.05) is 26.2 Å². The van der Waals surface area contributed by atoms with Gasteiger partial charge in [0.1, 0.15) is 0 Å². The molecule has 1 aliphatic heterocycles. The van der Waals surface area contributed by atoms with Crippen LogP contribution in [0.5, 0.6) is 0 Å². The van der Waals surface area contributed by atoms with Crippen molar-refractivity contribution in [2.24, 2.45) is 5.92 Å². The molecule has 0 radical (unpaired) electrons. The van der Waals surface area contributed by atoms with E-state index in [0.717, 1.165) is 44.6 Å². The van der Waals surface area contributed by atoms with Gasteiger partial charge in [-0.05, 0) is 88.3 Å². The lowest BCUT2D eigenvalue weighted by molar-refractivity contribution is 0.0951. The van der Waals surface area contributed by atoms with Crippen LogP contribution in [0.2, 0.25) is 5.02 Å². The summed E-state index contributed by atoms with van der Waals surface area (Å²) >= 11 is 5.92. The smallest absolute Gasteiger partial charge is 0.255 e. The molecule has 7 heteroatoms. The third-order valence-corrected chi connectivity index (χ3v) is 6.05. The van der Waals surface area contributed by atoms with Crippen molar-refractivity contribution in [3.63, 3.8) is 0 Å². The van der Waals surface area contributed by atoms with Gasteiger partial charge >= 0.3 is 0 Å². The van der Waals surface area contributed by atoms with E-state index in [1.165, 1.54) is 0 Å². The Kier molecular flexibility index (Phi) is 8.53. The predicted octanol–water partition coefficient (Wildman–Crippen LogP) is 4.51. The second kappa shape index (κ2) is 11.3. The molecule has 1 saturated heterocycles. The first-order valence-corrected chi connectivity index (χ1v) is 11.6. The molecule has 0 aromatic heterocycles. The molecule has 2 aromatic carbocycles. The van der Waals surface area contributed by atoms with Crippen LogP contribution in [0.25, 0.3) is 0 Å². The van der Waals surface area contributed by atoms with Gasteiger partial charge in [-0.25, -0.2) is 0 Å². The van der Waals surface area contributed by atoms with Crippen molar-refractivity contribution in [1.29, 1.82) is 0 Å². The summed E-state index contributed by atoms with van der Waals surface area (Å²) in [4.78, 5) is 30.1. The third-order valence-electron chi connectivity index (χ3n) is 5.80. The van der Waals surface area contributed by atoms with E-state index < -0.39 is 0 Å². The molecule has 0 aliphatic carbocycles. The average molecular weight is 457 g/mol. The minimum absolute atomic E-state index is 0.111. The van der Waals surface area contributed by atoms with Crippen LogP contribution >= 0.6 is 11.6 Å². The molecule has 1 aliphatic rings. The number of piperidine rings is 1. The lowest BCUT2D eigenvalue weighted by Crippen LogP contribution is -2.35. The van der Waals surface area contributed by atoms with Crippen molar-refractivity contribution in [3.05, 3.63) is 58.6 Å². The number of rotatable bonds is 8. The molecule has 172 valence electrons. The number of hydrogen-bond acceptors (Lipinski definition) is 4. The summed E-state index contributed by atoms with van der Waals surface area (Å²) in [5.74, 6) is 0.353. The van der Waals surface area contributed by atoms with Gasteiger partial charge in [0.05, 0.1) is 5.56 Å². The van der Waals surface area contributed by atoms with E-state index in [4.69, 9.17) is 11.6 Å². The van der Waals surface area contributed by atoms with Crippen LogP contribution in [0.4, 0.5) is 11.4 Å². The Balaban J connectivity index is 1.78. The number of amides is 2. The van der Waals surface area contributed by atoms with Crippen molar-refractivity contribution in [1.82, 2.24) is 10.2 Å². The van der Waals surface area contributed by atoms with Crippen molar-refractivity contribution in [3.8, 4) is 0 Å². The Morgan fingerprint density at radius 2 is 1.75 bits per heavy atom. The molecule has 2 amide bonds. The lowest BCUT2D eigenvalue weighted by atomic mass is 9.97. The van der Waals surface area contributed by atoms with Gasteiger partial charge in [-0.3, -0.25) is 9.59 Å². The van der Waals surface area contributed by atoms with Crippen LogP contribution in [0.1, 0.15) is 46.9 Å². The normalized spacial score (nSPS) is 14.5. The minimum Gasteiger partial charge on any atom is -0.371 e. The van der Waals surface area contributed by atoms with Gasteiger partial charge in [-0.1, -0.05) is 18.5 Å². The van der Waals surface area contributed by atoms with E-state index in [-0.39, 0.29) is 11.8 Å². The SMILES string of the molecule is CC1CCN(c2ccc(NC(=O)c3ccc(Cl)cc3)cc2C(=O)NCCCN(C)C)CC1. The molecule has 0 spiro atoms. The standard InChI is InChI=1S/C25H33ClN4O2/c1-18-11-15-30(16-12-18)23-10-9-21(28-24(31)19-5-7-20(26)8-6-19)17-22(23)25(32)27-13-4-14-29(2)3/h5-10,17-18H,4,11-16H2,1-3H3,(H,27,32)(H,28,31). The molecule has 32 heavy (non-hydrogen) atoms. The number of anilines is 2. The summed E-state index contributed by atoms with van der Waals surface area (Å²) < 4.78 is 0. The summed E-state index contributed by atoms with van der Waals surface area (Å²) in [5.41, 5.74) is 2.63. The fourth-order valence-electron chi connectivity index (χ4n) is 3.82. The molecule has 2 N–H and O–H groups in total. The summed E-state index contributed by atoms with van der Waals surface area (Å²) in [6, 6.07) is 12.3. The molecule has 1 fully saturated rings. The molecule has 0 bridgehead atoms.